The zero-order chi connectivity index (χ0) is 11.0. The average Bonchev–Trinajstić information content (AvgIpc) is 2.76. The molecule has 2 rings (SSSR count). The monoisotopic (exact) mass is 213 g/mol. The summed E-state index contributed by atoms with van der Waals surface area (Å²) >= 11 is 0. The fraction of sp³-hybridized carbons (Fsp3) is 0.667. The van der Waals surface area contributed by atoms with Gasteiger partial charge in [0.25, 0.3) is 6.04 Å². The Morgan fingerprint density at radius 1 is 1.53 bits per heavy atom. The van der Waals surface area contributed by atoms with Crippen LogP contribution in [0.25, 0.3) is 0 Å². The van der Waals surface area contributed by atoms with Gasteiger partial charge in [-0.15, -0.1) is 0 Å². The molecule has 6 heteroatoms. The second-order valence-electron chi connectivity index (χ2n) is 3.50. The molecule has 0 saturated carbocycles. The molecular weight excluding hydrogens is 202 g/mol. The zero-order valence-corrected chi connectivity index (χ0v) is 8.16. The molecule has 0 aliphatic carbocycles. The van der Waals surface area contributed by atoms with Gasteiger partial charge in [0.2, 0.25) is 0 Å². The Balaban J connectivity index is 2.19. The minimum Gasteiger partial charge on any atom is -0.465 e. The molecule has 1 saturated heterocycles. The first kappa shape index (κ1) is 10.1. The maximum absolute atomic E-state index is 11.5. The maximum atomic E-state index is 11.5. The van der Waals surface area contributed by atoms with Crippen LogP contribution in [0.2, 0.25) is 0 Å². The molecule has 4 atom stereocenters. The molecule has 0 spiro atoms. The van der Waals surface area contributed by atoms with E-state index in [1.165, 1.54) is 0 Å². The number of esters is 1. The van der Waals surface area contributed by atoms with Crippen molar-refractivity contribution >= 4 is 5.97 Å². The molecule has 2 aliphatic rings. The van der Waals surface area contributed by atoms with Crippen LogP contribution in [0, 0.1) is 16.0 Å². The van der Waals surface area contributed by atoms with Crippen molar-refractivity contribution in [3.63, 3.8) is 0 Å². The molecule has 1 fully saturated rings. The van der Waals surface area contributed by atoms with E-state index in [4.69, 9.17) is 9.47 Å². The summed E-state index contributed by atoms with van der Waals surface area (Å²) in [5.74, 6) is -1.34. The molecule has 0 aromatic heterocycles. The molecule has 0 aromatic rings. The minimum absolute atomic E-state index is 0.223. The molecule has 2 heterocycles. The van der Waals surface area contributed by atoms with Gasteiger partial charge in [0.15, 0.2) is 5.92 Å². The van der Waals surface area contributed by atoms with Crippen molar-refractivity contribution in [2.75, 3.05) is 6.61 Å². The predicted molar refractivity (Wildman–Crippen MR) is 48.7 cm³/mol. The summed E-state index contributed by atoms with van der Waals surface area (Å²) in [6.07, 6.45) is 2.24. The number of carbonyl (C=O) groups excluding carboxylic acids is 1. The second kappa shape index (κ2) is 3.62. The Hall–Kier alpha value is -1.43. The predicted octanol–water partition coefficient (Wildman–Crippen LogP) is 0.148. The van der Waals surface area contributed by atoms with Gasteiger partial charge in [-0.25, -0.2) is 0 Å². The van der Waals surface area contributed by atoms with Gasteiger partial charge in [0.1, 0.15) is 6.10 Å². The van der Waals surface area contributed by atoms with Crippen molar-refractivity contribution < 1.29 is 19.2 Å². The van der Waals surface area contributed by atoms with Gasteiger partial charge in [0, 0.05) is 4.92 Å². The van der Waals surface area contributed by atoms with E-state index in [1.807, 2.05) is 0 Å². The zero-order valence-electron chi connectivity index (χ0n) is 8.16. The lowest BCUT2D eigenvalue weighted by Gasteiger charge is -2.16. The summed E-state index contributed by atoms with van der Waals surface area (Å²) in [5.41, 5.74) is 0. The minimum atomic E-state index is -1.00. The van der Waals surface area contributed by atoms with Crippen LogP contribution in [0.3, 0.4) is 0 Å². The first-order chi connectivity index (χ1) is 7.15. The average molecular weight is 213 g/mol. The fourth-order valence-corrected chi connectivity index (χ4v) is 2.05. The van der Waals surface area contributed by atoms with E-state index in [9.17, 15) is 14.9 Å². The molecule has 0 unspecified atom stereocenters. The van der Waals surface area contributed by atoms with E-state index in [-0.39, 0.29) is 6.61 Å². The third-order valence-electron chi connectivity index (χ3n) is 2.67. The molecule has 0 amide bonds. The lowest BCUT2D eigenvalue weighted by molar-refractivity contribution is -0.530. The second-order valence-corrected chi connectivity index (χ2v) is 3.50. The molecule has 6 nitrogen and oxygen atoms in total. The van der Waals surface area contributed by atoms with Gasteiger partial charge in [-0.1, -0.05) is 12.2 Å². The van der Waals surface area contributed by atoms with Crippen molar-refractivity contribution in [1.29, 1.82) is 0 Å². The van der Waals surface area contributed by atoms with E-state index in [1.54, 1.807) is 19.1 Å². The first-order valence-corrected chi connectivity index (χ1v) is 4.79. The normalized spacial score (nSPS) is 36.9. The largest absolute Gasteiger partial charge is 0.465 e. The summed E-state index contributed by atoms with van der Waals surface area (Å²) in [6.45, 7) is 1.89. The summed E-state index contributed by atoms with van der Waals surface area (Å²) in [6, 6.07) is -1.00. The summed E-state index contributed by atoms with van der Waals surface area (Å²) in [7, 11) is 0. The van der Waals surface area contributed by atoms with Crippen molar-refractivity contribution in [2.45, 2.75) is 25.2 Å². The van der Waals surface area contributed by atoms with E-state index in [0.717, 1.165) is 0 Å². The summed E-state index contributed by atoms with van der Waals surface area (Å²) < 4.78 is 10.1. The highest BCUT2D eigenvalue weighted by atomic mass is 16.6. The Kier molecular flexibility index (Phi) is 2.44. The highest BCUT2D eigenvalue weighted by Crippen LogP contribution is 2.36. The van der Waals surface area contributed by atoms with Crippen LogP contribution in [0.1, 0.15) is 6.92 Å². The molecule has 0 N–H and O–H groups in total. The molecule has 2 aliphatic heterocycles. The van der Waals surface area contributed by atoms with Gasteiger partial charge in [0.05, 0.1) is 12.7 Å². The fourth-order valence-electron chi connectivity index (χ4n) is 2.05. The van der Waals surface area contributed by atoms with Crippen molar-refractivity contribution in [1.82, 2.24) is 0 Å². The highest BCUT2D eigenvalue weighted by molar-refractivity contribution is 5.75. The van der Waals surface area contributed by atoms with Crippen LogP contribution >= 0.6 is 0 Å². The van der Waals surface area contributed by atoms with Gasteiger partial charge in [-0.3, -0.25) is 14.9 Å². The molecule has 0 radical (unpaired) electrons. The molecule has 82 valence electrons. The number of fused-ring (bicyclic) bond motifs is 2. The van der Waals surface area contributed by atoms with Gasteiger partial charge in [-0.05, 0) is 6.92 Å². The quantitative estimate of drug-likeness (QED) is 0.288. The number of carbonyl (C=O) groups is 1. The van der Waals surface area contributed by atoms with E-state index in [0.29, 0.717) is 0 Å². The van der Waals surface area contributed by atoms with Crippen LogP contribution in [0.15, 0.2) is 12.2 Å². The lowest BCUT2D eigenvalue weighted by atomic mass is 9.89. The van der Waals surface area contributed by atoms with Crippen molar-refractivity contribution in [2.24, 2.45) is 5.92 Å². The Bertz CT molecular complexity index is 326. The number of hydrogen-bond acceptors (Lipinski definition) is 5. The van der Waals surface area contributed by atoms with Crippen LogP contribution in [-0.4, -0.2) is 35.7 Å². The Morgan fingerprint density at radius 2 is 2.20 bits per heavy atom. The third kappa shape index (κ3) is 1.50. The van der Waals surface area contributed by atoms with Crippen molar-refractivity contribution in [3.8, 4) is 0 Å². The van der Waals surface area contributed by atoms with Crippen LogP contribution in [-0.2, 0) is 14.3 Å². The number of nitrogens with zero attached hydrogens (tertiary/aromatic N) is 1. The number of rotatable bonds is 3. The molecule has 0 aromatic carbocycles. The van der Waals surface area contributed by atoms with Crippen molar-refractivity contribution in [3.05, 3.63) is 22.3 Å². The smallest absolute Gasteiger partial charge is 0.319 e. The number of hydrogen-bond donors (Lipinski definition) is 0. The Labute approximate surface area is 86.0 Å². The van der Waals surface area contributed by atoms with Gasteiger partial charge >= 0.3 is 5.97 Å². The van der Waals surface area contributed by atoms with Crippen LogP contribution in [0.5, 0.6) is 0 Å². The summed E-state index contributed by atoms with van der Waals surface area (Å²) in [4.78, 5) is 21.8. The molecule has 15 heavy (non-hydrogen) atoms. The van der Waals surface area contributed by atoms with Crippen LogP contribution in [0.4, 0.5) is 0 Å². The molecule has 2 bridgehead atoms. The number of nitro groups is 1. The van der Waals surface area contributed by atoms with Gasteiger partial charge < -0.3 is 9.47 Å². The van der Waals surface area contributed by atoms with E-state index < -0.39 is 35.1 Å². The number of ether oxygens (including phenoxy) is 2. The lowest BCUT2D eigenvalue weighted by Crippen LogP contribution is -2.41. The van der Waals surface area contributed by atoms with E-state index in [2.05, 4.69) is 0 Å². The molecular formula is C9H11NO5. The Morgan fingerprint density at radius 3 is 2.80 bits per heavy atom. The summed E-state index contributed by atoms with van der Waals surface area (Å²) in [5, 5.41) is 10.8. The SMILES string of the molecule is CCOC(=O)[C@@H]1[C@@H]([N+](=O)[O-])[C@H]2C=C[C@@H]1O2. The standard InChI is InChI=1S/C9H11NO5/c1-2-14-9(11)7-5-3-4-6(15-5)8(7)10(12)13/h3-8H,2H2,1H3/t5-,6+,7-,8-/m0/s1. The highest BCUT2D eigenvalue weighted by Gasteiger charge is 2.57. The maximum Gasteiger partial charge on any atom is 0.319 e. The van der Waals surface area contributed by atoms with E-state index >= 15 is 0 Å². The topological polar surface area (TPSA) is 78.7 Å². The third-order valence-corrected chi connectivity index (χ3v) is 2.67. The van der Waals surface area contributed by atoms with Gasteiger partial charge in [-0.2, -0.15) is 0 Å². The first-order valence-electron chi connectivity index (χ1n) is 4.79. The van der Waals surface area contributed by atoms with Crippen LogP contribution < -0.4 is 0 Å².